The lowest BCUT2D eigenvalue weighted by atomic mass is 10.0. The van der Waals surface area contributed by atoms with Crippen LogP contribution in [0.25, 0.3) is 0 Å². The van der Waals surface area contributed by atoms with Crippen LogP contribution in [0.5, 0.6) is 0 Å². The Morgan fingerprint density at radius 2 is 0.855 bits per heavy atom. The Morgan fingerprint density at radius 1 is 0.532 bits per heavy atom. The summed E-state index contributed by atoms with van der Waals surface area (Å²) < 4.78 is 22.2. The van der Waals surface area contributed by atoms with E-state index in [2.05, 4.69) is 37.4 Å². The molecule has 3 N–H and O–H groups in total. The predicted octanol–water partition coefficient (Wildman–Crippen LogP) is 14.8. The number of rotatable bonds is 43. The molecule has 0 radical (unpaired) electrons. The number of allylic oxidation sites excluding steroid dienone is 11. The van der Waals surface area contributed by atoms with Crippen molar-refractivity contribution in [3.05, 3.63) is 72.9 Å². The van der Waals surface area contributed by atoms with Gasteiger partial charge >= 0.3 is 7.82 Å². The summed E-state index contributed by atoms with van der Waals surface area (Å²) in [6.45, 7) is 5.73. The molecular weight excluding hydrogens is 794 g/mol. The van der Waals surface area contributed by atoms with Gasteiger partial charge < -0.3 is 19.6 Å². The van der Waals surface area contributed by atoms with Gasteiger partial charge in [0.2, 0.25) is 0 Å². The minimum Gasteiger partial charge on any atom is -0.394 e. The molecule has 3 unspecified atom stereocenters. The predicted molar refractivity (Wildman–Crippen MR) is 267 cm³/mol. The van der Waals surface area contributed by atoms with E-state index in [4.69, 9.17) is 9.63 Å². The van der Waals surface area contributed by atoms with E-state index < -0.39 is 39.0 Å². The van der Waals surface area contributed by atoms with Crippen molar-refractivity contribution in [2.45, 2.75) is 219 Å². The number of unbranched alkanes of at least 4 members (excludes halogenated alkanes) is 27. The molecule has 3 atom stereocenters. The number of quaternary nitrogens is 1. The van der Waals surface area contributed by atoms with Crippen molar-refractivity contribution in [3.63, 3.8) is 0 Å². The van der Waals surface area contributed by atoms with Crippen LogP contribution >= 0.6 is 7.82 Å². The van der Waals surface area contributed by atoms with Gasteiger partial charge in [-0.1, -0.05) is 261 Å². The van der Waals surface area contributed by atoms with E-state index >= 15 is 0 Å². The molecule has 9 heteroatoms. The van der Waals surface area contributed by atoms with Crippen molar-refractivity contribution < 1.29 is 38.0 Å². The number of aliphatic hydroxyl groups excluding tert-OH is 2. The van der Waals surface area contributed by atoms with Crippen LogP contribution < -0.4 is 0 Å². The van der Waals surface area contributed by atoms with Gasteiger partial charge in [0.1, 0.15) is 12.6 Å². The summed E-state index contributed by atoms with van der Waals surface area (Å²) in [5.74, 6) is -0.498. The maximum atomic E-state index is 12.6. The lowest BCUT2D eigenvalue weighted by molar-refractivity contribution is -0.872. The van der Waals surface area contributed by atoms with Gasteiger partial charge in [-0.25, -0.2) is 4.57 Å². The highest BCUT2D eigenvalue weighted by Gasteiger charge is 2.34. The fourth-order valence-corrected chi connectivity index (χ4v) is 7.68. The highest BCUT2D eigenvalue weighted by atomic mass is 31.2. The van der Waals surface area contributed by atoms with Crippen LogP contribution in [-0.4, -0.2) is 78.5 Å². The first-order valence-corrected chi connectivity index (χ1v) is 26.7. The van der Waals surface area contributed by atoms with E-state index in [0.717, 1.165) is 6.42 Å². The summed E-state index contributed by atoms with van der Waals surface area (Å²) in [5.41, 5.74) is 0. The molecular formula is C53H99NO7P+. The summed E-state index contributed by atoms with van der Waals surface area (Å²) >= 11 is 0. The first-order chi connectivity index (χ1) is 29.9. The van der Waals surface area contributed by atoms with Gasteiger partial charge in [-0.15, -0.1) is 0 Å². The number of hydrogen-bond acceptors (Lipinski definition) is 6. The Hall–Kier alpha value is -1.90. The van der Waals surface area contributed by atoms with Crippen LogP contribution in [0.15, 0.2) is 72.9 Å². The second kappa shape index (κ2) is 47.1. The fourth-order valence-electron chi connectivity index (χ4n) is 6.77. The normalized spacial score (nSPS) is 14.5. The molecule has 0 aliphatic heterocycles. The van der Waals surface area contributed by atoms with E-state index in [1.165, 1.54) is 192 Å². The minimum atomic E-state index is -4.62. The SMILES string of the molecule is CCCCCCCCCC=CC=CC=CC=CC=CC=CC(=O)C(C[N+](C)(C)C)OP(=O)(O)OCC(O)CO.CCCCCCCCCCCCCCCCCCCCCCC. The molecule has 62 heavy (non-hydrogen) atoms. The van der Waals surface area contributed by atoms with Crippen molar-refractivity contribution >= 4 is 13.6 Å². The first-order valence-electron chi connectivity index (χ1n) is 25.2. The maximum absolute atomic E-state index is 12.6. The second-order valence-corrected chi connectivity index (χ2v) is 19.4. The Kier molecular flexibility index (Phi) is 47.2. The van der Waals surface area contributed by atoms with Crippen LogP contribution in [0.1, 0.15) is 207 Å². The average Bonchev–Trinajstić information content (AvgIpc) is 3.23. The molecule has 362 valence electrons. The van der Waals surface area contributed by atoms with Crippen LogP contribution in [-0.2, 0) is 18.4 Å². The number of aliphatic hydroxyl groups is 2. The fraction of sp³-hybridized carbons (Fsp3) is 0.755. The van der Waals surface area contributed by atoms with Gasteiger partial charge in [0.05, 0.1) is 34.4 Å². The molecule has 8 nitrogen and oxygen atoms in total. The molecule has 0 fully saturated rings. The second-order valence-electron chi connectivity index (χ2n) is 18.0. The zero-order chi connectivity index (χ0) is 46.3. The molecule has 0 aromatic rings. The van der Waals surface area contributed by atoms with Gasteiger partial charge in [0.25, 0.3) is 0 Å². The number of phosphoric ester groups is 1. The molecule has 0 aromatic heterocycles. The van der Waals surface area contributed by atoms with E-state index in [9.17, 15) is 19.4 Å². The van der Waals surface area contributed by atoms with Crippen LogP contribution in [0, 0.1) is 0 Å². The molecule has 0 bridgehead atoms. The smallest absolute Gasteiger partial charge is 0.394 e. The van der Waals surface area contributed by atoms with Gasteiger partial charge in [-0.05, 0) is 18.9 Å². The van der Waals surface area contributed by atoms with Crippen molar-refractivity contribution in [2.24, 2.45) is 0 Å². The summed E-state index contributed by atoms with van der Waals surface area (Å²) in [7, 11) is 0.820. The highest BCUT2D eigenvalue weighted by Crippen LogP contribution is 2.45. The lowest BCUT2D eigenvalue weighted by Crippen LogP contribution is -2.45. The van der Waals surface area contributed by atoms with Gasteiger partial charge in [0.15, 0.2) is 11.9 Å². The van der Waals surface area contributed by atoms with Crippen molar-refractivity contribution in [1.29, 1.82) is 0 Å². The molecule has 0 saturated carbocycles. The maximum Gasteiger partial charge on any atom is 0.473 e. The van der Waals surface area contributed by atoms with Crippen molar-refractivity contribution in [1.82, 2.24) is 0 Å². The molecule has 0 aromatic carbocycles. The van der Waals surface area contributed by atoms with Crippen LogP contribution in [0.3, 0.4) is 0 Å². The van der Waals surface area contributed by atoms with Gasteiger partial charge in [-0.3, -0.25) is 13.8 Å². The third-order valence-electron chi connectivity index (χ3n) is 10.5. The zero-order valence-electron chi connectivity index (χ0n) is 41.1. The minimum absolute atomic E-state index is 0.121. The molecule has 0 saturated heterocycles. The molecule has 0 spiro atoms. The third-order valence-corrected chi connectivity index (χ3v) is 11.5. The number of likely N-dealkylation sites (N-methyl/N-ethyl adjacent to an activating group) is 1. The first kappa shape index (κ1) is 62.2. The van der Waals surface area contributed by atoms with E-state index in [0.29, 0.717) is 4.48 Å². The molecule has 0 amide bonds. The zero-order valence-corrected chi connectivity index (χ0v) is 42.0. The number of carbonyl (C=O) groups is 1. The quantitative estimate of drug-likeness (QED) is 0.0184. The molecule has 0 rings (SSSR count). The summed E-state index contributed by atoms with van der Waals surface area (Å²) in [4.78, 5) is 22.5. The van der Waals surface area contributed by atoms with Gasteiger partial charge in [0, 0.05) is 0 Å². The molecule has 0 heterocycles. The van der Waals surface area contributed by atoms with E-state index in [1.807, 2.05) is 57.6 Å². The highest BCUT2D eigenvalue weighted by molar-refractivity contribution is 7.47. The van der Waals surface area contributed by atoms with E-state index in [1.54, 1.807) is 12.2 Å². The standard InChI is InChI=1S/C30H50NO7P.C23H48/c1-5-6-7-8-9-10-11-12-13-14-15-16-17-18-19-20-21-22-23-24-29(34)30(25-31(2,3)4)38-39(35,36)37-27-28(33)26-32;1-3-5-7-9-11-13-15-17-19-21-23-22-20-18-16-14-12-10-8-6-4-2/h13-24,28,30,32-33H,5-12,25-27H2,1-4H3;3-23H2,1-2H3/p+1. The Morgan fingerprint density at radius 3 is 1.19 bits per heavy atom. The third kappa shape index (κ3) is 50.7. The number of hydrogen-bond donors (Lipinski definition) is 3. The number of ketones is 1. The monoisotopic (exact) mass is 893 g/mol. The molecule has 0 aliphatic carbocycles. The summed E-state index contributed by atoms with van der Waals surface area (Å²) in [6, 6.07) is 0. The Balaban J connectivity index is 0. The summed E-state index contributed by atoms with van der Waals surface area (Å²) in [5, 5.41) is 18.1. The Labute approximate surface area is 383 Å². The van der Waals surface area contributed by atoms with E-state index in [-0.39, 0.29) is 6.54 Å². The lowest BCUT2D eigenvalue weighted by Gasteiger charge is -2.28. The van der Waals surface area contributed by atoms with Crippen molar-refractivity contribution in [3.8, 4) is 0 Å². The van der Waals surface area contributed by atoms with Crippen LogP contribution in [0.4, 0.5) is 0 Å². The number of phosphoric acid groups is 1. The van der Waals surface area contributed by atoms with Crippen LogP contribution in [0.2, 0.25) is 0 Å². The number of carbonyl (C=O) groups excluding carboxylic acids is 1. The largest absolute Gasteiger partial charge is 0.473 e. The topological polar surface area (TPSA) is 113 Å². The van der Waals surface area contributed by atoms with Gasteiger partial charge in [-0.2, -0.15) is 0 Å². The summed E-state index contributed by atoms with van der Waals surface area (Å²) in [6.07, 6.45) is 60.7. The average molecular weight is 893 g/mol. The van der Waals surface area contributed by atoms with Crippen molar-refractivity contribution in [2.75, 3.05) is 40.9 Å². The molecule has 0 aliphatic rings. The Bertz CT molecular complexity index is 1180. The number of nitrogens with zero attached hydrogens (tertiary/aromatic N) is 1.